The smallest absolute Gasteiger partial charge is 0.313 e. The van der Waals surface area contributed by atoms with Crippen LogP contribution in [0.3, 0.4) is 0 Å². The maximum Gasteiger partial charge on any atom is 0.313 e. The first-order chi connectivity index (χ1) is 12.1. The summed E-state index contributed by atoms with van der Waals surface area (Å²) in [4.78, 5) is 23.9. The Morgan fingerprint density at radius 3 is 2.56 bits per heavy atom. The van der Waals surface area contributed by atoms with Gasteiger partial charge in [-0.2, -0.15) is 0 Å². The maximum atomic E-state index is 12.0. The molecule has 25 heavy (non-hydrogen) atoms. The third-order valence-corrected chi connectivity index (χ3v) is 4.67. The monoisotopic (exact) mass is 348 g/mol. The molecule has 1 saturated carbocycles. The van der Waals surface area contributed by atoms with Crippen molar-refractivity contribution in [3.05, 3.63) is 18.2 Å². The van der Waals surface area contributed by atoms with E-state index < -0.39 is 17.9 Å². The van der Waals surface area contributed by atoms with E-state index in [1.807, 2.05) is 0 Å². The Morgan fingerprint density at radius 2 is 1.80 bits per heavy atom. The molecule has 1 heterocycles. The van der Waals surface area contributed by atoms with E-state index in [9.17, 15) is 14.7 Å². The van der Waals surface area contributed by atoms with Crippen molar-refractivity contribution in [2.75, 3.05) is 25.1 Å². The molecule has 136 valence electrons. The molecular weight excluding hydrogens is 324 g/mol. The van der Waals surface area contributed by atoms with Crippen molar-refractivity contribution in [3.8, 4) is 11.5 Å². The summed E-state index contributed by atoms with van der Waals surface area (Å²) in [7, 11) is 0. The molecule has 1 aliphatic heterocycles. The number of rotatable bonds is 4. The van der Waals surface area contributed by atoms with E-state index in [0.29, 0.717) is 30.4 Å². The van der Waals surface area contributed by atoms with Crippen molar-refractivity contribution in [2.45, 2.75) is 38.2 Å². The minimum Gasteiger partial charge on any atom is -0.486 e. The van der Waals surface area contributed by atoms with Crippen LogP contribution >= 0.6 is 0 Å². The molecule has 0 aromatic heterocycles. The molecule has 1 atom stereocenters. The van der Waals surface area contributed by atoms with Gasteiger partial charge in [0.2, 0.25) is 0 Å². The zero-order valence-electron chi connectivity index (χ0n) is 14.1. The summed E-state index contributed by atoms with van der Waals surface area (Å²) in [6.45, 7) is 1.03. The molecule has 0 saturated heterocycles. The number of aliphatic hydroxyl groups excluding tert-OH is 1. The molecule has 2 aliphatic rings. The molecule has 1 aliphatic carbocycles. The summed E-state index contributed by atoms with van der Waals surface area (Å²) in [6.07, 6.45) is 4.76. The van der Waals surface area contributed by atoms with E-state index in [0.717, 1.165) is 25.7 Å². The minimum absolute atomic E-state index is 0.0953. The van der Waals surface area contributed by atoms with Gasteiger partial charge in [0.1, 0.15) is 13.2 Å². The second kappa shape index (κ2) is 8.20. The molecule has 2 amide bonds. The number of benzene rings is 1. The first-order valence-electron chi connectivity index (χ1n) is 8.80. The predicted octanol–water partition coefficient (Wildman–Crippen LogP) is 1.45. The van der Waals surface area contributed by atoms with Gasteiger partial charge in [-0.15, -0.1) is 0 Å². The van der Waals surface area contributed by atoms with E-state index in [-0.39, 0.29) is 12.5 Å². The largest absolute Gasteiger partial charge is 0.486 e. The molecule has 0 unspecified atom stereocenters. The van der Waals surface area contributed by atoms with Crippen molar-refractivity contribution in [1.29, 1.82) is 0 Å². The highest BCUT2D eigenvalue weighted by Gasteiger charge is 2.23. The number of aliphatic hydroxyl groups is 1. The molecule has 1 aromatic carbocycles. The summed E-state index contributed by atoms with van der Waals surface area (Å²) in [5, 5.41) is 15.2. The Bertz CT molecular complexity index is 628. The molecule has 0 bridgehead atoms. The average molecular weight is 348 g/mol. The van der Waals surface area contributed by atoms with Gasteiger partial charge in [0.25, 0.3) is 0 Å². The Morgan fingerprint density at radius 1 is 1.08 bits per heavy atom. The van der Waals surface area contributed by atoms with Gasteiger partial charge in [-0.1, -0.05) is 19.3 Å². The molecule has 7 heteroatoms. The van der Waals surface area contributed by atoms with Gasteiger partial charge >= 0.3 is 11.8 Å². The Labute approximate surface area is 146 Å². The lowest BCUT2D eigenvalue weighted by Crippen LogP contribution is -2.42. The number of amides is 2. The average Bonchev–Trinajstić information content (AvgIpc) is 2.66. The fraction of sp³-hybridized carbons (Fsp3) is 0.556. The molecular formula is C18H24N2O5. The third kappa shape index (κ3) is 4.63. The zero-order valence-corrected chi connectivity index (χ0v) is 14.1. The van der Waals surface area contributed by atoms with Crippen molar-refractivity contribution < 1.29 is 24.2 Å². The molecule has 3 rings (SSSR count). The predicted molar refractivity (Wildman–Crippen MR) is 91.7 cm³/mol. The summed E-state index contributed by atoms with van der Waals surface area (Å²) in [5.41, 5.74) is 0.456. The van der Waals surface area contributed by atoms with Gasteiger partial charge in [0, 0.05) is 18.3 Å². The molecule has 0 radical (unpaired) electrons. The zero-order chi connectivity index (χ0) is 17.6. The van der Waals surface area contributed by atoms with Crippen molar-refractivity contribution in [3.63, 3.8) is 0 Å². The molecule has 7 nitrogen and oxygen atoms in total. The van der Waals surface area contributed by atoms with Crippen LogP contribution in [0.25, 0.3) is 0 Å². The fourth-order valence-electron chi connectivity index (χ4n) is 3.27. The standard InChI is InChI=1S/C18H24N2O5/c21-14(12-4-2-1-3-5-12)11-19-17(22)18(23)20-13-6-7-15-16(10-13)25-9-8-24-15/h6-7,10,12,14,21H,1-5,8-9,11H2,(H,19,22)(H,20,23)/t14-/m0/s1. The van der Waals surface area contributed by atoms with Gasteiger partial charge in [-0.3, -0.25) is 9.59 Å². The Kier molecular flexibility index (Phi) is 5.75. The van der Waals surface area contributed by atoms with Crippen molar-refractivity contribution in [2.24, 2.45) is 5.92 Å². The number of carbonyl (C=O) groups excluding carboxylic acids is 2. The van der Waals surface area contributed by atoms with Crippen LogP contribution in [-0.4, -0.2) is 42.8 Å². The van der Waals surface area contributed by atoms with Gasteiger partial charge in [0.15, 0.2) is 11.5 Å². The van der Waals surface area contributed by atoms with E-state index in [1.165, 1.54) is 6.42 Å². The third-order valence-electron chi connectivity index (χ3n) is 4.67. The SMILES string of the molecule is O=C(NC[C@H](O)C1CCCCC1)C(=O)Nc1ccc2c(c1)OCCO2. The Hall–Kier alpha value is -2.28. The van der Waals surface area contributed by atoms with Crippen LogP contribution in [0.4, 0.5) is 5.69 Å². The molecule has 3 N–H and O–H groups in total. The van der Waals surface area contributed by atoms with E-state index in [2.05, 4.69) is 10.6 Å². The lowest BCUT2D eigenvalue weighted by Gasteiger charge is -2.26. The highest BCUT2D eigenvalue weighted by molar-refractivity contribution is 6.39. The number of hydrogen-bond donors (Lipinski definition) is 3. The van der Waals surface area contributed by atoms with Gasteiger partial charge < -0.3 is 25.2 Å². The lowest BCUT2D eigenvalue weighted by molar-refractivity contribution is -0.136. The fourth-order valence-corrected chi connectivity index (χ4v) is 3.27. The van der Waals surface area contributed by atoms with Gasteiger partial charge in [0.05, 0.1) is 6.10 Å². The van der Waals surface area contributed by atoms with E-state index >= 15 is 0 Å². The second-order valence-corrected chi connectivity index (χ2v) is 6.49. The van der Waals surface area contributed by atoms with Crippen LogP contribution < -0.4 is 20.1 Å². The second-order valence-electron chi connectivity index (χ2n) is 6.49. The summed E-state index contributed by atoms with van der Waals surface area (Å²) < 4.78 is 10.9. The number of fused-ring (bicyclic) bond motifs is 1. The molecule has 1 aromatic rings. The Balaban J connectivity index is 1.48. The van der Waals surface area contributed by atoms with Crippen LogP contribution in [0.15, 0.2) is 18.2 Å². The molecule has 0 spiro atoms. The highest BCUT2D eigenvalue weighted by atomic mass is 16.6. The van der Waals surface area contributed by atoms with E-state index in [4.69, 9.17) is 9.47 Å². The highest BCUT2D eigenvalue weighted by Crippen LogP contribution is 2.32. The van der Waals surface area contributed by atoms with Crippen molar-refractivity contribution in [1.82, 2.24) is 5.32 Å². The normalized spacial score (nSPS) is 18.3. The van der Waals surface area contributed by atoms with Crippen LogP contribution in [-0.2, 0) is 9.59 Å². The number of ether oxygens (including phenoxy) is 2. The summed E-state index contributed by atoms with van der Waals surface area (Å²) >= 11 is 0. The van der Waals surface area contributed by atoms with Gasteiger partial charge in [-0.25, -0.2) is 0 Å². The lowest BCUT2D eigenvalue weighted by atomic mass is 9.85. The number of anilines is 1. The summed E-state index contributed by atoms with van der Waals surface area (Å²) in [5.74, 6) is -0.173. The van der Waals surface area contributed by atoms with Crippen molar-refractivity contribution >= 4 is 17.5 Å². The maximum absolute atomic E-state index is 12.0. The van der Waals surface area contributed by atoms with Gasteiger partial charge in [-0.05, 0) is 30.9 Å². The first kappa shape index (κ1) is 17.5. The van der Waals surface area contributed by atoms with E-state index in [1.54, 1.807) is 18.2 Å². The number of hydrogen-bond acceptors (Lipinski definition) is 5. The van der Waals surface area contributed by atoms with Crippen LogP contribution in [0.2, 0.25) is 0 Å². The topological polar surface area (TPSA) is 96.9 Å². The first-order valence-corrected chi connectivity index (χ1v) is 8.80. The number of carbonyl (C=O) groups is 2. The van der Waals surface area contributed by atoms with Crippen LogP contribution in [0, 0.1) is 5.92 Å². The summed E-state index contributed by atoms with van der Waals surface area (Å²) in [6, 6.07) is 4.96. The van der Waals surface area contributed by atoms with Crippen LogP contribution in [0.1, 0.15) is 32.1 Å². The minimum atomic E-state index is -0.771. The molecule has 1 fully saturated rings. The quantitative estimate of drug-likeness (QED) is 0.716. The van der Waals surface area contributed by atoms with Crippen LogP contribution in [0.5, 0.6) is 11.5 Å². The number of nitrogens with one attached hydrogen (secondary N) is 2.